The van der Waals surface area contributed by atoms with Crippen LogP contribution in [-0.2, 0) is 6.42 Å². The molecule has 1 rings (SSSR count). The van der Waals surface area contributed by atoms with E-state index in [9.17, 15) is 4.79 Å². The zero-order chi connectivity index (χ0) is 15.2. The van der Waals surface area contributed by atoms with E-state index in [0.29, 0.717) is 5.56 Å². The molecule has 20 heavy (non-hydrogen) atoms. The predicted octanol–water partition coefficient (Wildman–Crippen LogP) is 4.12. The number of carboxylic acid groups (broad SMARTS) is 1. The number of rotatable bonds is 8. The van der Waals surface area contributed by atoms with Crippen LogP contribution < -0.4 is 5.32 Å². The molecule has 0 saturated carbocycles. The van der Waals surface area contributed by atoms with Crippen molar-refractivity contribution in [3.63, 3.8) is 0 Å². The van der Waals surface area contributed by atoms with Crippen LogP contribution in [-0.4, -0.2) is 25.2 Å². The molecule has 0 aromatic heterocycles. The van der Waals surface area contributed by atoms with Gasteiger partial charge in [0.05, 0.1) is 5.56 Å². The molecule has 0 atom stereocenters. The van der Waals surface area contributed by atoms with Crippen LogP contribution in [0.2, 0.25) is 0 Å². The summed E-state index contributed by atoms with van der Waals surface area (Å²) in [6, 6.07) is 7.23. The molecule has 3 nitrogen and oxygen atoms in total. The highest BCUT2D eigenvalue weighted by Crippen LogP contribution is 2.11. The van der Waals surface area contributed by atoms with Crippen LogP contribution >= 0.6 is 0 Å². The molecule has 0 spiro atoms. The number of nitrogens with one attached hydrogen (secondary N) is 1. The lowest BCUT2D eigenvalue weighted by molar-refractivity contribution is 0.0697. The largest absolute Gasteiger partial charge is 0.478 e. The fourth-order valence-electron chi connectivity index (χ4n) is 1.92. The van der Waals surface area contributed by atoms with Crippen molar-refractivity contribution < 1.29 is 9.90 Å². The van der Waals surface area contributed by atoms with Crippen molar-refractivity contribution in [2.75, 3.05) is 14.1 Å². The highest BCUT2D eigenvalue weighted by Gasteiger charge is 2.01. The molecule has 0 heterocycles. The molecule has 0 aliphatic rings. The lowest BCUT2D eigenvalue weighted by Gasteiger charge is -2.02. The molecule has 1 aromatic rings. The summed E-state index contributed by atoms with van der Waals surface area (Å²) in [7, 11) is 3.75. The number of aromatic carboxylic acids is 1. The monoisotopic (exact) mass is 279 g/mol. The van der Waals surface area contributed by atoms with Crippen molar-refractivity contribution in [1.29, 1.82) is 0 Å². The Morgan fingerprint density at radius 1 is 1.00 bits per heavy atom. The number of carbonyl (C=O) groups is 1. The highest BCUT2D eigenvalue weighted by atomic mass is 16.4. The van der Waals surface area contributed by atoms with Crippen molar-refractivity contribution in [2.24, 2.45) is 0 Å². The van der Waals surface area contributed by atoms with E-state index in [-0.39, 0.29) is 0 Å². The van der Waals surface area contributed by atoms with Gasteiger partial charge in [0.25, 0.3) is 0 Å². The van der Waals surface area contributed by atoms with E-state index < -0.39 is 5.97 Å². The highest BCUT2D eigenvalue weighted by molar-refractivity contribution is 5.87. The maximum atomic E-state index is 10.7. The predicted molar refractivity (Wildman–Crippen MR) is 85.5 cm³/mol. The van der Waals surface area contributed by atoms with Crippen LogP contribution in [0.4, 0.5) is 0 Å². The Morgan fingerprint density at radius 2 is 1.50 bits per heavy atom. The maximum Gasteiger partial charge on any atom is 0.335 e. The van der Waals surface area contributed by atoms with Gasteiger partial charge in [-0.05, 0) is 44.6 Å². The topological polar surface area (TPSA) is 49.3 Å². The first kappa shape index (κ1) is 18.7. The van der Waals surface area contributed by atoms with Gasteiger partial charge in [-0.25, -0.2) is 4.79 Å². The second-order valence-corrected chi connectivity index (χ2v) is 5.02. The van der Waals surface area contributed by atoms with E-state index in [1.807, 2.05) is 26.2 Å². The summed E-state index contributed by atoms with van der Waals surface area (Å²) < 4.78 is 0. The van der Waals surface area contributed by atoms with Crippen LogP contribution in [0.5, 0.6) is 0 Å². The second kappa shape index (κ2) is 12.7. The summed E-state index contributed by atoms with van der Waals surface area (Å²) in [5.74, 6) is -0.851. The number of aryl methyl sites for hydroxylation is 1. The van der Waals surface area contributed by atoms with Gasteiger partial charge >= 0.3 is 5.97 Å². The van der Waals surface area contributed by atoms with Gasteiger partial charge in [-0.3, -0.25) is 0 Å². The second-order valence-electron chi connectivity index (χ2n) is 5.02. The van der Waals surface area contributed by atoms with Gasteiger partial charge in [0.1, 0.15) is 0 Å². The molecule has 2 N–H and O–H groups in total. The van der Waals surface area contributed by atoms with Crippen molar-refractivity contribution in [1.82, 2.24) is 5.32 Å². The van der Waals surface area contributed by atoms with Crippen molar-refractivity contribution >= 4 is 5.97 Å². The number of hydrogen-bond donors (Lipinski definition) is 2. The minimum Gasteiger partial charge on any atom is -0.478 e. The Balaban J connectivity index is 0.00000110. The molecule has 3 heteroatoms. The Labute approximate surface area is 123 Å². The van der Waals surface area contributed by atoms with Gasteiger partial charge in [0.15, 0.2) is 0 Å². The average Bonchev–Trinajstić information content (AvgIpc) is 2.44. The average molecular weight is 279 g/mol. The third-order valence-corrected chi connectivity index (χ3v) is 3.02. The molecule has 114 valence electrons. The van der Waals surface area contributed by atoms with Gasteiger partial charge < -0.3 is 10.4 Å². The van der Waals surface area contributed by atoms with Crippen LogP contribution in [0.1, 0.15) is 61.4 Å². The fourth-order valence-corrected chi connectivity index (χ4v) is 1.92. The number of hydrogen-bond acceptors (Lipinski definition) is 2. The quantitative estimate of drug-likeness (QED) is 0.704. The third-order valence-electron chi connectivity index (χ3n) is 3.02. The Morgan fingerprint density at radius 3 is 2.00 bits per heavy atom. The normalized spacial score (nSPS) is 9.75. The minimum atomic E-state index is -0.851. The number of unbranched alkanes of at least 4 members (excludes halogenated alkanes) is 5. The van der Waals surface area contributed by atoms with Gasteiger partial charge in [-0.1, -0.05) is 51.2 Å². The fraction of sp³-hybridized carbons (Fsp3) is 0.588. The molecule has 1 aromatic carbocycles. The summed E-state index contributed by atoms with van der Waals surface area (Å²) in [5, 5.41) is 11.5. The molecule has 0 radical (unpaired) electrons. The van der Waals surface area contributed by atoms with Gasteiger partial charge in [-0.15, -0.1) is 0 Å². The van der Waals surface area contributed by atoms with Gasteiger partial charge in [0, 0.05) is 0 Å². The SMILES string of the molecule is CCCCCCCCc1ccc(C(=O)O)cc1.CNC. The first-order valence-electron chi connectivity index (χ1n) is 7.56. The summed E-state index contributed by atoms with van der Waals surface area (Å²) in [5.41, 5.74) is 1.61. The molecule has 0 amide bonds. The molecular weight excluding hydrogens is 250 g/mol. The van der Waals surface area contributed by atoms with Gasteiger partial charge in [-0.2, -0.15) is 0 Å². The maximum absolute atomic E-state index is 10.7. The standard InChI is InChI=1S/C15H22O2.C2H7N/c1-2-3-4-5-6-7-8-13-9-11-14(12-10-13)15(16)17;1-3-2/h9-12H,2-8H2,1H3,(H,16,17);3H,1-2H3. The van der Waals surface area contributed by atoms with E-state index in [4.69, 9.17) is 5.11 Å². The van der Waals surface area contributed by atoms with Gasteiger partial charge in [0.2, 0.25) is 0 Å². The number of benzene rings is 1. The van der Waals surface area contributed by atoms with E-state index >= 15 is 0 Å². The van der Waals surface area contributed by atoms with E-state index in [2.05, 4.69) is 12.2 Å². The van der Waals surface area contributed by atoms with E-state index in [1.165, 1.54) is 44.1 Å². The minimum absolute atomic E-state index is 0.372. The van der Waals surface area contributed by atoms with Crippen molar-refractivity contribution in [2.45, 2.75) is 51.9 Å². The Kier molecular flexibility index (Phi) is 11.8. The summed E-state index contributed by atoms with van der Waals surface area (Å²) in [6.45, 7) is 2.23. The van der Waals surface area contributed by atoms with Crippen molar-refractivity contribution in [3.8, 4) is 0 Å². The van der Waals surface area contributed by atoms with Crippen molar-refractivity contribution in [3.05, 3.63) is 35.4 Å². The molecule has 0 unspecified atom stereocenters. The van der Waals surface area contributed by atoms with Crippen LogP contribution in [0.25, 0.3) is 0 Å². The van der Waals surface area contributed by atoms with E-state index in [1.54, 1.807) is 12.1 Å². The third kappa shape index (κ3) is 9.56. The lowest BCUT2D eigenvalue weighted by Crippen LogP contribution is -1.96. The summed E-state index contributed by atoms with van der Waals surface area (Å²) in [4.78, 5) is 10.7. The first-order valence-corrected chi connectivity index (χ1v) is 7.56. The molecule has 0 aliphatic carbocycles. The van der Waals surface area contributed by atoms with Crippen LogP contribution in [0.3, 0.4) is 0 Å². The summed E-state index contributed by atoms with van der Waals surface area (Å²) in [6.07, 6.45) is 8.84. The lowest BCUT2D eigenvalue weighted by atomic mass is 10.0. The molecule has 0 aliphatic heterocycles. The Bertz CT molecular complexity index is 347. The Hall–Kier alpha value is -1.35. The molecule has 0 saturated heterocycles. The van der Waals surface area contributed by atoms with E-state index in [0.717, 1.165) is 6.42 Å². The molecular formula is C17H29NO2. The summed E-state index contributed by atoms with van der Waals surface area (Å²) >= 11 is 0. The van der Waals surface area contributed by atoms with Crippen LogP contribution in [0, 0.1) is 0 Å². The van der Waals surface area contributed by atoms with Crippen LogP contribution in [0.15, 0.2) is 24.3 Å². The zero-order valence-electron chi connectivity index (χ0n) is 13.1. The first-order chi connectivity index (χ1) is 9.65. The molecule has 0 fully saturated rings. The smallest absolute Gasteiger partial charge is 0.335 e. The molecule has 0 bridgehead atoms. The number of carboxylic acids is 1. The zero-order valence-corrected chi connectivity index (χ0v) is 13.1.